The molecule has 0 N–H and O–H groups in total. The summed E-state index contributed by atoms with van der Waals surface area (Å²) in [7, 11) is 0. The molecule has 2 aromatic carbocycles. The van der Waals surface area contributed by atoms with Gasteiger partial charge in [-0.25, -0.2) is 4.39 Å². The Morgan fingerprint density at radius 3 is 2.38 bits per heavy atom. The highest BCUT2D eigenvalue weighted by Crippen LogP contribution is 2.48. The maximum absolute atomic E-state index is 14.6. The maximum atomic E-state index is 14.6. The molecule has 0 bridgehead atoms. The Bertz CT molecular complexity index is 808. The highest BCUT2D eigenvalue weighted by atomic mass is 19.4. The van der Waals surface area contributed by atoms with Crippen LogP contribution in [0.25, 0.3) is 10.8 Å². The summed E-state index contributed by atoms with van der Waals surface area (Å²) in [6.45, 7) is 2.33. The van der Waals surface area contributed by atoms with E-state index < -0.39 is 17.6 Å². The number of hydrogen-bond donors (Lipinski definition) is 0. The van der Waals surface area contributed by atoms with Gasteiger partial charge in [-0.3, -0.25) is 0 Å². The van der Waals surface area contributed by atoms with Crippen LogP contribution in [0.1, 0.15) is 62.5 Å². The number of rotatable bonds is 1. The molecular weight excluding hydrogens is 340 g/mol. The van der Waals surface area contributed by atoms with Gasteiger partial charge in [0, 0.05) is 5.39 Å². The zero-order valence-corrected chi connectivity index (χ0v) is 15.0. The van der Waals surface area contributed by atoms with Crippen molar-refractivity contribution in [1.82, 2.24) is 0 Å². The van der Waals surface area contributed by atoms with Crippen LogP contribution in [0.2, 0.25) is 0 Å². The molecule has 2 aromatic rings. The zero-order chi connectivity index (χ0) is 18.5. The first-order valence-electron chi connectivity index (χ1n) is 9.61. The van der Waals surface area contributed by atoms with Crippen molar-refractivity contribution >= 4 is 10.8 Å². The molecular formula is C22H24F4. The van der Waals surface area contributed by atoms with E-state index in [1.165, 1.54) is 37.8 Å². The second kappa shape index (κ2) is 6.54. The first-order valence-corrected chi connectivity index (χ1v) is 9.61. The first-order chi connectivity index (χ1) is 12.3. The van der Waals surface area contributed by atoms with E-state index in [1.807, 2.05) is 6.07 Å². The molecule has 0 radical (unpaired) electrons. The molecule has 2 saturated carbocycles. The molecule has 0 aliphatic heterocycles. The van der Waals surface area contributed by atoms with Crippen molar-refractivity contribution in [3.8, 4) is 0 Å². The van der Waals surface area contributed by atoms with Crippen LogP contribution >= 0.6 is 0 Å². The summed E-state index contributed by atoms with van der Waals surface area (Å²) in [5.74, 6) is 2.12. The average molecular weight is 364 g/mol. The predicted octanol–water partition coefficient (Wildman–Crippen LogP) is 7.32. The Kier molecular flexibility index (Phi) is 4.48. The van der Waals surface area contributed by atoms with Crippen molar-refractivity contribution in [3.05, 3.63) is 47.3 Å². The minimum atomic E-state index is -4.45. The third-order valence-corrected chi connectivity index (χ3v) is 6.60. The molecule has 0 heterocycles. The largest absolute Gasteiger partial charge is 0.416 e. The van der Waals surface area contributed by atoms with Crippen LogP contribution in [0.5, 0.6) is 0 Å². The van der Waals surface area contributed by atoms with Crippen LogP contribution in [0.15, 0.2) is 30.3 Å². The SMILES string of the molecule is C[C@@H]1CC[C@@H]2CC(c3cc(F)c4cc(C(F)(F)F)ccc4c3)CCC2C1. The van der Waals surface area contributed by atoms with E-state index >= 15 is 0 Å². The fraction of sp³-hybridized carbons (Fsp3) is 0.545. The van der Waals surface area contributed by atoms with Crippen LogP contribution in [0, 0.1) is 23.6 Å². The van der Waals surface area contributed by atoms with E-state index in [0.29, 0.717) is 11.3 Å². The predicted molar refractivity (Wildman–Crippen MR) is 95.5 cm³/mol. The van der Waals surface area contributed by atoms with Gasteiger partial charge in [0.2, 0.25) is 0 Å². The van der Waals surface area contributed by atoms with Crippen LogP contribution in [-0.4, -0.2) is 0 Å². The quantitative estimate of drug-likeness (QED) is 0.465. The second-order valence-corrected chi connectivity index (χ2v) is 8.38. The van der Waals surface area contributed by atoms with Gasteiger partial charge in [0.1, 0.15) is 5.82 Å². The number of alkyl halides is 3. The minimum Gasteiger partial charge on any atom is -0.206 e. The van der Waals surface area contributed by atoms with Gasteiger partial charge in [-0.05, 0) is 84.9 Å². The van der Waals surface area contributed by atoms with Crippen LogP contribution in [0.3, 0.4) is 0 Å². The summed E-state index contributed by atoms with van der Waals surface area (Å²) >= 11 is 0. The van der Waals surface area contributed by atoms with Gasteiger partial charge >= 0.3 is 6.18 Å². The second-order valence-electron chi connectivity index (χ2n) is 8.38. The van der Waals surface area contributed by atoms with E-state index in [1.54, 1.807) is 0 Å². The van der Waals surface area contributed by atoms with Crippen LogP contribution in [0.4, 0.5) is 17.6 Å². The fourth-order valence-electron chi connectivity index (χ4n) is 5.17. The van der Waals surface area contributed by atoms with Crippen molar-refractivity contribution in [2.24, 2.45) is 17.8 Å². The molecule has 140 valence electrons. The Labute approximate surface area is 151 Å². The van der Waals surface area contributed by atoms with Gasteiger partial charge in [0.05, 0.1) is 5.56 Å². The number of hydrogen-bond acceptors (Lipinski definition) is 0. The van der Waals surface area contributed by atoms with Crippen molar-refractivity contribution in [1.29, 1.82) is 0 Å². The Balaban J connectivity index is 1.61. The van der Waals surface area contributed by atoms with E-state index in [0.717, 1.165) is 48.3 Å². The van der Waals surface area contributed by atoms with Crippen LogP contribution < -0.4 is 0 Å². The third kappa shape index (κ3) is 3.35. The normalized spacial score (nSPS) is 29.6. The molecule has 0 saturated heterocycles. The summed E-state index contributed by atoms with van der Waals surface area (Å²) in [4.78, 5) is 0. The first kappa shape index (κ1) is 17.8. The lowest BCUT2D eigenvalue weighted by molar-refractivity contribution is -0.137. The number of benzene rings is 2. The van der Waals surface area contributed by atoms with E-state index in [9.17, 15) is 17.6 Å². The standard InChI is InChI=1S/C22H24F4/c1-13-2-3-15-9-16(5-4-14(15)8-13)18-10-17-6-7-19(22(24,25)26)12-20(17)21(23)11-18/h6-7,10-16H,2-5,8-9H2,1H3/t13-,14?,15-,16?/m1/s1. The molecule has 4 rings (SSSR count). The molecule has 2 unspecified atom stereocenters. The summed E-state index contributed by atoms with van der Waals surface area (Å²) in [5.41, 5.74) is 0.153. The van der Waals surface area contributed by atoms with Gasteiger partial charge in [-0.1, -0.05) is 25.5 Å². The van der Waals surface area contributed by atoms with E-state index in [-0.39, 0.29) is 5.39 Å². The zero-order valence-electron chi connectivity index (χ0n) is 15.0. The Morgan fingerprint density at radius 1 is 0.885 bits per heavy atom. The monoisotopic (exact) mass is 364 g/mol. The average Bonchev–Trinajstić information content (AvgIpc) is 2.60. The summed E-state index contributed by atoms with van der Waals surface area (Å²) in [5, 5.41) is 0.621. The van der Waals surface area contributed by atoms with Crippen LogP contribution in [-0.2, 0) is 6.18 Å². The Morgan fingerprint density at radius 2 is 1.62 bits per heavy atom. The number of halogens is 4. The summed E-state index contributed by atoms with van der Waals surface area (Å²) < 4.78 is 53.2. The van der Waals surface area contributed by atoms with Crippen molar-refractivity contribution in [2.75, 3.05) is 0 Å². The third-order valence-electron chi connectivity index (χ3n) is 6.60. The Hall–Kier alpha value is -1.58. The number of fused-ring (bicyclic) bond motifs is 2. The van der Waals surface area contributed by atoms with Gasteiger partial charge in [0.15, 0.2) is 0 Å². The maximum Gasteiger partial charge on any atom is 0.416 e. The molecule has 0 aromatic heterocycles. The minimum absolute atomic E-state index is 0.0590. The van der Waals surface area contributed by atoms with Gasteiger partial charge < -0.3 is 0 Å². The fourth-order valence-corrected chi connectivity index (χ4v) is 5.17. The lowest BCUT2D eigenvalue weighted by atomic mass is 9.64. The molecule has 2 aliphatic rings. The molecule has 4 atom stereocenters. The molecule has 4 heteroatoms. The van der Waals surface area contributed by atoms with E-state index in [2.05, 4.69) is 6.92 Å². The van der Waals surface area contributed by atoms with Gasteiger partial charge in [-0.15, -0.1) is 0 Å². The van der Waals surface area contributed by atoms with Crippen molar-refractivity contribution in [3.63, 3.8) is 0 Å². The van der Waals surface area contributed by atoms with Crippen molar-refractivity contribution < 1.29 is 17.6 Å². The molecule has 2 aliphatic carbocycles. The van der Waals surface area contributed by atoms with Gasteiger partial charge in [-0.2, -0.15) is 13.2 Å². The molecule has 0 spiro atoms. The molecule has 0 amide bonds. The van der Waals surface area contributed by atoms with Crippen molar-refractivity contribution in [2.45, 2.75) is 57.5 Å². The lowest BCUT2D eigenvalue weighted by Gasteiger charge is -2.41. The summed E-state index contributed by atoms with van der Waals surface area (Å²) in [6.07, 6.45) is 2.72. The molecule has 26 heavy (non-hydrogen) atoms. The summed E-state index contributed by atoms with van der Waals surface area (Å²) in [6, 6.07) is 6.74. The highest BCUT2D eigenvalue weighted by molar-refractivity contribution is 5.84. The smallest absolute Gasteiger partial charge is 0.206 e. The van der Waals surface area contributed by atoms with Gasteiger partial charge in [0.25, 0.3) is 0 Å². The van der Waals surface area contributed by atoms with E-state index in [4.69, 9.17) is 0 Å². The molecule has 0 nitrogen and oxygen atoms in total. The highest BCUT2D eigenvalue weighted by Gasteiger charge is 2.35. The molecule has 2 fully saturated rings. The lowest BCUT2D eigenvalue weighted by Crippen LogP contribution is -2.29. The topological polar surface area (TPSA) is 0 Å².